The zero-order valence-electron chi connectivity index (χ0n) is 13.5. The summed E-state index contributed by atoms with van der Waals surface area (Å²) in [6, 6.07) is 12.8. The van der Waals surface area contributed by atoms with Crippen molar-refractivity contribution in [3.63, 3.8) is 0 Å². The van der Waals surface area contributed by atoms with Crippen LogP contribution in [0.1, 0.15) is 35.2 Å². The van der Waals surface area contributed by atoms with E-state index in [1.165, 1.54) is 0 Å². The average molecular weight is 401 g/mol. The van der Waals surface area contributed by atoms with Crippen LogP contribution in [0, 0.1) is 0 Å². The third-order valence-corrected chi connectivity index (χ3v) is 4.84. The van der Waals surface area contributed by atoms with E-state index in [4.69, 9.17) is 0 Å². The number of hydrogen-bond donors (Lipinski definition) is 3. The molecule has 1 aromatic heterocycles. The van der Waals surface area contributed by atoms with Crippen LogP contribution in [0.15, 0.2) is 53.1 Å². The Labute approximate surface area is 153 Å². The van der Waals surface area contributed by atoms with E-state index in [-0.39, 0.29) is 5.91 Å². The maximum absolute atomic E-state index is 12.6. The minimum atomic E-state index is -0.857. The molecular formula is C19H17BrN2O3. The van der Waals surface area contributed by atoms with Crippen LogP contribution < -0.4 is 5.32 Å². The fraction of sp³-hybridized carbons (Fsp3) is 0.158. The first-order chi connectivity index (χ1) is 12.0. The van der Waals surface area contributed by atoms with Crippen LogP contribution >= 0.6 is 15.9 Å². The lowest BCUT2D eigenvalue weighted by atomic mass is 9.96. The molecule has 0 saturated carbocycles. The molecule has 1 heterocycles. The van der Waals surface area contributed by atoms with Gasteiger partial charge < -0.3 is 15.4 Å². The summed E-state index contributed by atoms with van der Waals surface area (Å²) in [5, 5.41) is 13.0. The molecule has 0 radical (unpaired) electrons. The van der Waals surface area contributed by atoms with Gasteiger partial charge in [-0.3, -0.25) is 9.59 Å². The molecule has 2 aromatic carbocycles. The molecule has 0 bridgehead atoms. The third kappa shape index (κ3) is 3.44. The number of nitrogens with one attached hydrogen (secondary N) is 2. The highest BCUT2D eigenvalue weighted by Gasteiger charge is 2.19. The van der Waals surface area contributed by atoms with Gasteiger partial charge in [0.05, 0.1) is 17.2 Å². The first-order valence-electron chi connectivity index (χ1n) is 7.91. The Morgan fingerprint density at radius 1 is 1.24 bits per heavy atom. The molecule has 0 aliphatic rings. The van der Waals surface area contributed by atoms with Gasteiger partial charge in [0, 0.05) is 21.6 Å². The summed E-state index contributed by atoms with van der Waals surface area (Å²) in [5.41, 5.74) is 2.75. The number of aliphatic carboxylic acids is 1. The van der Waals surface area contributed by atoms with Crippen LogP contribution in [0.2, 0.25) is 0 Å². The second kappa shape index (κ2) is 7.11. The summed E-state index contributed by atoms with van der Waals surface area (Å²) < 4.78 is 0.651. The predicted octanol–water partition coefficient (Wildman–Crippen LogP) is 4.76. The van der Waals surface area contributed by atoms with E-state index in [9.17, 15) is 14.7 Å². The molecule has 0 fully saturated rings. The Balaban J connectivity index is 1.85. The third-order valence-electron chi connectivity index (χ3n) is 4.18. The van der Waals surface area contributed by atoms with Crippen LogP contribution in [0.5, 0.6) is 0 Å². The zero-order chi connectivity index (χ0) is 18.0. The van der Waals surface area contributed by atoms with E-state index in [1.807, 2.05) is 31.2 Å². The minimum Gasteiger partial charge on any atom is -0.481 e. The topological polar surface area (TPSA) is 82.2 Å². The van der Waals surface area contributed by atoms with Crippen molar-refractivity contribution in [1.82, 2.24) is 4.98 Å². The van der Waals surface area contributed by atoms with Crippen molar-refractivity contribution in [2.24, 2.45) is 0 Å². The van der Waals surface area contributed by atoms with E-state index in [0.717, 1.165) is 10.9 Å². The van der Waals surface area contributed by atoms with Gasteiger partial charge in [-0.1, -0.05) is 31.2 Å². The van der Waals surface area contributed by atoms with Crippen molar-refractivity contribution < 1.29 is 14.7 Å². The molecule has 128 valence electrons. The number of amides is 1. The number of para-hydroxylation sites is 1. The number of carbonyl (C=O) groups is 2. The summed E-state index contributed by atoms with van der Waals surface area (Å²) in [4.78, 5) is 27.0. The summed E-state index contributed by atoms with van der Waals surface area (Å²) in [6.07, 6.45) is 2.18. The van der Waals surface area contributed by atoms with Crippen LogP contribution in [-0.4, -0.2) is 22.0 Å². The number of carboxylic acids is 1. The Hall–Kier alpha value is -2.60. The summed E-state index contributed by atoms with van der Waals surface area (Å²) >= 11 is 3.42. The van der Waals surface area contributed by atoms with Crippen molar-refractivity contribution in [3.05, 3.63) is 64.3 Å². The van der Waals surface area contributed by atoms with Crippen molar-refractivity contribution in [2.75, 3.05) is 5.32 Å². The van der Waals surface area contributed by atoms with E-state index in [0.29, 0.717) is 27.7 Å². The minimum absolute atomic E-state index is 0.226. The second-order valence-corrected chi connectivity index (χ2v) is 6.59. The molecule has 3 rings (SSSR count). The maximum atomic E-state index is 12.6. The number of hydrogen-bond acceptors (Lipinski definition) is 2. The highest BCUT2D eigenvalue weighted by Crippen LogP contribution is 2.29. The number of fused-ring (bicyclic) bond motifs is 1. The van der Waals surface area contributed by atoms with Crippen LogP contribution in [0.3, 0.4) is 0 Å². The lowest BCUT2D eigenvalue weighted by Gasteiger charge is -2.13. The number of H-pyrrole nitrogens is 1. The maximum Gasteiger partial charge on any atom is 0.310 e. The smallest absolute Gasteiger partial charge is 0.310 e. The Kier molecular flexibility index (Phi) is 4.90. The number of carbonyl (C=O) groups excluding carboxylic acids is 1. The molecule has 3 N–H and O–H groups in total. The van der Waals surface area contributed by atoms with E-state index in [2.05, 4.69) is 26.2 Å². The quantitative estimate of drug-likeness (QED) is 0.577. The Morgan fingerprint density at radius 2 is 2.00 bits per heavy atom. The lowest BCUT2D eigenvalue weighted by Crippen LogP contribution is -2.13. The summed E-state index contributed by atoms with van der Waals surface area (Å²) in [7, 11) is 0. The molecule has 25 heavy (non-hydrogen) atoms. The van der Waals surface area contributed by atoms with Gasteiger partial charge in [0.25, 0.3) is 5.91 Å². The number of halogens is 1. The molecule has 0 saturated heterocycles. The van der Waals surface area contributed by atoms with Gasteiger partial charge in [-0.15, -0.1) is 0 Å². The second-order valence-electron chi connectivity index (χ2n) is 5.74. The van der Waals surface area contributed by atoms with Crippen LogP contribution in [0.4, 0.5) is 5.69 Å². The van der Waals surface area contributed by atoms with E-state index in [1.54, 1.807) is 24.4 Å². The van der Waals surface area contributed by atoms with Crippen molar-refractivity contribution >= 4 is 44.4 Å². The highest BCUT2D eigenvalue weighted by molar-refractivity contribution is 9.10. The van der Waals surface area contributed by atoms with Gasteiger partial charge in [-0.25, -0.2) is 0 Å². The summed E-state index contributed by atoms with van der Waals surface area (Å²) in [6.45, 7) is 1.83. The van der Waals surface area contributed by atoms with E-state index < -0.39 is 11.9 Å². The Morgan fingerprint density at radius 3 is 2.68 bits per heavy atom. The normalized spacial score (nSPS) is 12.1. The fourth-order valence-electron chi connectivity index (χ4n) is 2.85. The van der Waals surface area contributed by atoms with Crippen LogP contribution in [0.25, 0.3) is 10.9 Å². The number of aromatic amines is 1. The monoisotopic (exact) mass is 400 g/mol. The fourth-order valence-corrected chi connectivity index (χ4v) is 3.35. The van der Waals surface area contributed by atoms with Crippen molar-refractivity contribution in [1.29, 1.82) is 0 Å². The van der Waals surface area contributed by atoms with Crippen LogP contribution in [-0.2, 0) is 4.79 Å². The van der Waals surface area contributed by atoms with Crippen molar-refractivity contribution in [3.8, 4) is 0 Å². The predicted molar refractivity (Wildman–Crippen MR) is 101 cm³/mol. The van der Waals surface area contributed by atoms with Gasteiger partial charge in [0.1, 0.15) is 0 Å². The SMILES string of the molecule is CCC(C(=O)O)c1ccc(NC(=O)c2c[nH]c3ccccc23)c(Br)c1. The van der Waals surface area contributed by atoms with Crippen molar-refractivity contribution in [2.45, 2.75) is 19.3 Å². The molecule has 1 amide bonds. The average Bonchev–Trinajstić information content (AvgIpc) is 3.01. The molecule has 6 heteroatoms. The largest absolute Gasteiger partial charge is 0.481 e. The molecule has 1 unspecified atom stereocenters. The molecule has 3 aromatic rings. The van der Waals surface area contributed by atoms with Gasteiger partial charge in [-0.2, -0.15) is 0 Å². The molecule has 0 aliphatic carbocycles. The number of anilines is 1. The molecule has 0 aliphatic heterocycles. The number of rotatable bonds is 5. The summed E-state index contributed by atoms with van der Waals surface area (Å²) in [5.74, 6) is -1.64. The van der Waals surface area contributed by atoms with Gasteiger partial charge in [-0.05, 0) is 46.1 Å². The Bertz CT molecular complexity index is 949. The van der Waals surface area contributed by atoms with E-state index >= 15 is 0 Å². The number of carboxylic acid groups (broad SMARTS) is 1. The standard InChI is InChI=1S/C19H17BrN2O3/c1-2-12(19(24)25)11-7-8-17(15(20)9-11)22-18(23)14-10-21-16-6-4-3-5-13(14)16/h3-10,12,21H,2H2,1H3,(H,22,23)(H,24,25). The molecule has 0 spiro atoms. The van der Waals surface area contributed by atoms with Gasteiger partial charge in [0.2, 0.25) is 0 Å². The molecule has 1 atom stereocenters. The first kappa shape index (κ1) is 17.2. The van der Waals surface area contributed by atoms with Gasteiger partial charge in [0.15, 0.2) is 0 Å². The van der Waals surface area contributed by atoms with Gasteiger partial charge >= 0.3 is 5.97 Å². The number of aromatic nitrogens is 1. The molecular weight excluding hydrogens is 384 g/mol. The number of benzene rings is 2. The first-order valence-corrected chi connectivity index (χ1v) is 8.70. The zero-order valence-corrected chi connectivity index (χ0v) is 15.1. The lowest BCUT2D eigenvalue weighted by molar-refractivity contribution is -0.138. The molecule has 5 nitrogen and oxygen atoms in total. The highest BCUT2D eigenvalue weighted by atomic mass is 79.9.